The van der Waals surface area contributed by atoms with E-state index in [2.05, 4.69) is 15.9 Å². The van der Waals surface area contributed by atoms with E-state index in [-0.39, 0.29) is 10.6 Å². The van der Waals surface area contributed by atoms with E-state index in [4.69, 9.17) is 4.55 Å². The molecule has 14 heavy (non-hydrogen) atoms. The van der Waals surface area contributed by atoms with E-state index in [0.29, 0.717) is 10.0 Å². The Morgan fingerprint density at radius 2 is 2.14 bits per heavy atom. The van der Waals surface area contributed by atoms with Crippen molar-refractivity contribution < 1.29 is 13.7 Å². The van der Waals surface area contributed by atoms with Crippen molar-refractivity contribution in [1.82, 2.24) is 0 Å². The summed E-state index contributed by atoms with van der Waals surface area (Å²) < 4.78 is 19.9. The van der Waals surface area contributed by atoms with Crippen LogP contribution in [0.3, 0.4) is 0 Å². The zero-order valence-electron chi connectivity index (χ0n) is 7.06. The van der Waals surface area contributed by atoms with Gasteiger partial charge >= 0.3 is 0 Å². The van der Waals surface area contributed by atoms with Crippen LogP contribution >= 0.6 is 15.9 Å². The van der Waals surface area contributed by atoms with Crippen LogP contribution in [0.5, 0.6) is 0 Å². The molecule has 1 aromatic carbocycles. The van der Waals surface area contributed by atoms with Crippen LogP contribution in [-0.4, -0.2) is 13.7 Å². The smallest absolute Gasteiger partial charge is 0.274 e. The Labute approximate surface area is 90.7 Å². The molecule has 0 spiro atoms. The minimum atomic E-state index is -2.21. The molecule has 7 heteroatoms. The molecule has 1 aromatic rings. The topological polar surface area (TPSA) is 80.4 Å². The normalized spacial score (nSPS) is 12.5. The Kier molecular flexibility index (Phi) is 3.35. The molecule has 1 atom stereocenters. The number of nitro groups is 1. The lowest BCUT2D eigenvalue weighted by atomic mass is 10.2. The standard InChI is InChI=1S/C7H6BrNO4S/c1-4-6(8)2-5(14(12)13)3-7(4)9(10)11/h2-3H,1H3,(H,12,13). The summed E-state index contributed by atoms with van der Waals surface area (Å²) in [6.45, 7) is 1.56. The summed E-state index contributed by atoms with van der Waals surface area (Å²) in [4.78, 5) is 9.97. The average Bonchev–Trinajstić information content (AvgIpc) is 2.08. The van der Waals surface area contributed by atoms with Crippen molar-refractivity contribution in [1.29, 1.82) is 0 Å². The van der Waals surface area contributed by atoms with Gasteiger partial charge in [-0.2, -0.15) is 0 Å². The number of hydrogen-bond donors (Lipinski definition) is 1. The third-order valence-corrected chi connectivity index (χ3v) is 3.15. The van der Waals surface area contributed by atoms with Crippen molar-refractivity contribution >= 4 is 32.7 Å². The largest absolute Gasteiger partial charge is 0.302 e. The number of rotatable bonds is 2. The lowest BCUT2D eigenvalue weighted by Crippen LogP contribution is -1.96. The quantitative estimate of drug-likeness (QED) is 0.512. The first-order valence-electron chi connectivity index (χ1n) is 3.49. The minimum Gasteiger partial charge on any atom is -0.302 e. The molecule has 0 aliphatic rings. The molecule has 5 nitrogen and oxygen atoms in total. The number of nitrogens with zero attached hydrogens (tertiary/aromatic N) is 1. The number of benzene rings is 1. The zero-order chi connectivity index (χ0) is 10.9. The molecular weight excluding hydrogens is 274 g/mol. The molecule has 0 fully saturated rings. The lowest BCUT2D eigenvalue weighted by molar-refractivity contribution is -0.385. The second-order valence-corrected chi connectivity index (χ2v) is 4.38. The van der Waals surface area contributed by atoms with Crippen LogP contribution < -0.4 is 0 Å². The first-order valence-corrected chi connectivity index (χ1v) is 5.39. The van der Waals surface area contributed by atoms with Crippen molar-refractivity contribution in [2.24, 2.45) is 0 Å². The molecule has 0 aliphatic heterocycles. The third kappa shape index (κ3) is 2.17. The summed E-state index contributed by atoms with van der Waals surface area (Å²) in [6, 6.07) is 2.48. The minimum absolute atomic E-state index is 0.00850. The fourth-order valence-electron chi connectivity index (χ4n) is 0.931. The van der Waals surface area contributed by atoms with Crippen molar-refractivity contribution in [3.63, 3.8) is 0 Å². The van der Waals surface area contributed by atoms with E-state index in [0.717, 1.165) is 6.07 Å². The highest BCUT2D eigenvalue weighted by molar-refractivity contribution is 9.10. The van der Waals surface area contributed by atoms with Gasteiger partial charge in [-0.15, -0.1) is 0 Å². The van der Waals surface area contributed by atoms with Crippen LogP contribution in [0, 0.1) is 17.0 Å². The lowest BCUT2D eigenvalue weighted by Gasteiger charge is -2.02. The van der Waals surface area contributed by atoms with Crippen LogP contribution in [0.1, 0.15) is 5.56 Å². The maximum atomic E-state index is 10.7. The van der Waals surface area contributed by atoms with Gasteiger partial charge < -0.3 is 4.55 Å². The molecular formula is C7H6BrNO4S. The zero-order valence-corrected chi connectivity index (χ0v) is 9.46. The molecule has 0 saturated heterocycles. The van der Waals surface area contributed by atoms with E-state index in [1.54, 1.807) is 6.92 Å². The van der Waals surface area contributed by atoms with E-state index in [9.17, 15) is 14.3 Å². The number of nitro benzene ring substituents is 1. The van der Waals surface area contributed by atoms with Crippen LogP contribution in [0.15, 0.2) is 21.5 Å². The van der Waals surface area contributed by atoms with Gasteiger partial charge in [0, 0.05) is 16.1 Å². The summed E-state index contributed by atoms with van der Waals surface area (Å²) in [6.07, 6.45) is 0. The fraction of sp³-hybridized carbons (Fsp3) is 0.143. The van der Waals surface area contributed by atoms with E-state index in [1.807, 2.05) is 0 Å². The van der Waals surface area contributed by atoms with Gasteiger partial charge in [0.25, 0.3) is 5.69 Å². The molecule has 0 aromatic heterocycles. The van der Waals surface area contributed by atoms with Crippen molar-refractivity contribution in [2.75, 3.05) is 0 Å². The molecule has 1 unspecified atom stereocenters. The first kappa shape index (κ1) is 11.3. The molecule has 0 bridgehead atoms. The highest BCUT2D eigenvalue weighted by Gasteiger charge is 2.16. The molecule has 1 N–H and O–H groups in total. The van der Waals surface area contributed by atoms with Gasteiger partial charge in [-0.1, -0.05) is 15.9 Å². The van der Waals surface area contributed by atoms with Crippen LogP contribution in [0.4, 0.5) is 5.69 Å². The van der Waals surface area contributed by atoms with Crippen molar-refractivity contribution in [3.8, 4) is 0 Å². The van der Waals surface area contributed by atoms with Crippen LogP contribution in [0.25, 0.3) is 0 Å². The molecule has 0 aliphatic carbocycles. The van der Waals surface area contributed by atoms with Gasteiger partial charge in [-0.05, 0) is 13.0 Å². The van der Waals surface area contributed by atoms with Crippen LogP contribution in [0.2, 0.25) is 0 Å². The highest BCUT2D eigenvalue weighted by atomic mass is 79.9. The monoisotopic (exact) mass is 279 g/mol. The Balaban J connectivity index is 3.43. The molecule has 0 saturated carbocycles. The SMILES string of the molecule is Cc1c(Br)cc(S(=O)O)cc1[N+](=O)[O-]. The maximum Gasteiger partial charge on any atom is 0.274 e. The number of hydrogen-bond acceptors (Lipinski definition) is 3. The van der Waals surface area contributed by atoms with Gasteiger partial charge in [-0.25, -0.2) is 4.21 Å². The third-order valence-electron chi connectivity index (χ3n) is 1.69. The predicted octanol–water partition coefficient (Wildman–Crippen LogP) is 2.25. The summed E-state index contributed by atoms with van der Waals surface area (Å²) in [7, 11) is 0. The first-order chi connectivity index (χ1) is 6.43. The van der Waals surface area contributed by atoms with Gasteiger partial charge in [0.05, 0.1) is 9.82 Å². The Hall–Kier alpha value is -0.790. The summed E-state index contributed by atoms with van der Waals surface area (Å²) in [5.41, 5.74) is 0.265. The summed E-state index contributed by atoms with van der Waals surface area (Å²) >= 11 is 0.875. The summed E-state index contributed by atoms with van der Waals surface area (Å²) in [5.74, 6) is 0. The fourth-order valence-corrected chi connectivity index (χ4v) is 1.96. The van der Waals surface area contributed by atoms with Gasteiger partial charge in [0.15, 0.2) is 11.1 Å². The van der Waals surface area contributed by atoms with Crippen molar-refractivity contribution in [2.45, 2.75) is 11.8 Å². The van der Waals surface area contributed by atoms with Crippen LogP contribution in [-0.2, 0) is 11.1 Å². The second kappa shape index (κ2) is 4.16. The average molecular weight is 280 g/mol. The molecule has 0 radical (unpaired) electrons. The summed E-state index contributed by atoms with van der Waals surface area (Å²) in [5, 5.41) is 10.6. The van der Waals surface area contributed by atoms with Crippen molar-refractivity contribution in [3.05, 3.63) is 32.3 Å². The highest BCUT2D eigenvalue weighted by Crippen LogP contribution is 2.28. The molecule has 1 rings (SSSR count). The van der Waals surface area contributed by atoms with E-state index >= 15 is 0 Å². The molecule has 76 valence electrons. The van der Waals surface area contributed by atoms with Gasteiger partial charge in [-0.3, -0.25) is 10.1 Å². The second-order valence-electron chi connectivity index (χ2n) is 2.56. The van der Waals surface area contributed by atoms with E-state index in [1.165, 1.54) is 6.07 Å². The Bertz CT molecular complexity index is 420. The maximum absolute atomic E-state index is 10.7. The van der Waals surface area contributed by atoms with Gasteiger partial charge in [0.2, 0.25) is 0 Å². The predicted molar refractivity (Wildman–Crippen MR) is 54.6 cm³/mol. The van der Waals surface area contributed by atoms with Gasteiger partial charge in [0.1, 0.15) is 0 Å². The molecule has 0 heterocycles. The molecule has 0 amide bonds. The number of halogens is 1. The Morgan fingerprint density at radius 1 is 1.57 bits per heavy atom. The Morgan fingerprint density at radius 3 is 2.57 bits per heavy atom. The van der Waals surface area contributed by atoms with E-state index < -0.39 is 16.0 Å².